The van der Waals surface area contributed by atoms with Crippen LogP contribution in [0, 0.1) is 0 Å². The summed E-state index contributed by atoms with van der Waals surface area (Å²) in [5.41, 5.74) is 5.00. The van der Waals surface area contributed by atoms with Gasteiger partial charge in [0.2, 0.25) is 0 Å². The number of pyridine rings is 2. The highest BCUT2D eigenvalue weighted by atomic mass is 16.1. The molecule has 0 unspecified atom stereocenters. The minimum absolute atomic E-state index is 0.0106. The second kappa shape index (κ2) is 7.92. The van der Waals surface area contributed by atoms with E-state index in [9.17, 15) is 9.59 Å². The van der Waals surface area contributed by atoms with E-state index in [2.05, 4.69) is 11.9 Å². The van der Waals surface area contributed by atoms with Gasteiger partial charge in [-0.2, -0.15) is 5.10 Å². The van der Waals surface area contributed by atoms with E-state index in [1.807, 2.05) is 57.7 Å². The summed E-state index contributed by atoms with van der Waals surface area (Å²) in [5.74, 6) is 0.0106. The summed E-state index contributed by atoms with van der Waals surface area (Å²) < 4.78 is 5.38. The molecule has 0 radical (unpaired) electrons. The number of carbonyl (C=O) groups excluding carboxylic acids is 1. The average Bonchev–Trinajstić information content (AvgIpc) is 3.39. The maximum Gasteiger partial charge on any atom is 0.250 e. The van der Waals surface area contributed by atoms with E-state index < -0.39 is 0 Å². The van der Waals surface area contributed by atoms with Gasteiger partial charge in [0.05, 0.1) is 24.0 Å². The quantitative estimate of drug-likeness (QED) is 0.391. The van der Waals surface area contributed by atoms with Gasteiger partial charge in [-0.05, 0) is 36.2 Å². The van der Waals surface area contributed by atoms with Crippen molar-refractivity contribution >= 4 is 22.3 Å². The molecule has 32 heavy (non-hydrogen) atoms. The lowest BCUT2D eigenvalue weighted by molar-refractivity contribution is 0.0987. The maximum absolute atomic E-state index is 13.2. The highest BCUT2D eigenvalue weighted by Crippen LogP contribution is 2.26. The second-order valence-corrected chi connectivity index (χ2v) is 7.86. The molecule has 5 rings (SSSR count). The summed E-state index contributed by atoms with van der Waals surface area (Å²) in [6, 6.07) is 16.9. The molecule has 4 heterocycles. The van der Waals surface area contributed by atoms with Crippen LogP contribution in [-0.2, 0) is 26.4 Å². The fraction of sp³-hybridized carbons (Fsp3) is 0.200. The number of fused-ring (bicyclic) bond motifs is 2. The van der Waals surface area contributed by atoms with Crippen LogP contribution in [0.15, 0.2) is 71.8 Å². The highest BCUT2D eigenvalue weighted by molar-refractivity contribution is 5.99. The van der Waals surface area contributed by atoms with Crippen LogP contribution >= 0.6 is 0 Å². The Morgan fingerprint density at radius 2 is 1.88 bits per heavy atom. The molecule has 0 aliphatic carbocycles. The summed E-state index contributed by atoms with van der Waals surface area (Å²) in [4.78, 5) is 29.6. The fourth-order valence-electron chi connectivity index (χ4n) is 4.22. The first-order chi connectivity index (χ1) is 15.6. The molecule has 0 aliphatic heterocycles. The molecule has 160 valence electrons. The molecule has 0 aliphatic rings. The van der Waals surface area contributed by atoms with Crippen LogP contribution in [0.4, 0.5) is 0 Å². The number of Topliss-reactive ketones (excluding diaryl/α,β-unsaturated/α-hetero) is 1. The van der Waals surface area contributed by atoms with Gasteiger partial charge in [0.15, 0.2) is 5.78 Å². The van der Waals surface area contributed by atoms with Gasteiger partial charge in [-0.15, -0.1) is 0 Å². The van der Waals surface area contributed by atoms with Crippen molar-refractivity contribution in [1.82, 2.24) is 23.7 Å². The molecular formula is C25H23N5O2. The van der Waals surface area contributed by atoms with Gasteiger partial charge < -0.3 is 4.57 Å². The molecule has 0 fully saturated rings. The van der Waals surface area contributed by atoms with Crippen LogP contribution in [0.1, 0.15) is 34.4 Å². The predicted molar refractivity (Wildman–Crippen MR) is 123 cm³/mol. The van der Waals surface area contributed by atoms with Crippen molar-refractivity contribution in [2.24, 2.45) is 7.05 Å². The van der Waals surface area contributed by atoms with E-state index in [1.165, 1.54) is 0 Å². The Kier molecular flexibility index (Phi) is 4.93. The largest absolute Gasteiger partial charge is 0.314 e. The highest BCUT2D eigenvalue weighted by Gasteiger charge is 2.18. The van der Waals surface area contributed by atoms with E-state index in [-0.39, 0.29) is 17.8 Å². The molecule has 0 atom stereocenters. The van der Waals surface area contributed by atoms with E-state index in [4.69, 9.17) is 5.10 Å². The van der Waals surface area contributed by atoms with Gasteiger partial charge in [-0.1, -0.05) is 31.2 Å². The first-order valence-corrected chi connectivity index (χ1v) is 10.6. The lowest BCUT2D eigenvalue weighted by Crippen LogP contribution is -2.20. The number of benzene rings is 1. The molecule has 0 saturated heterocycles. The SMILES string of the molecule is CCc1nn(Cc2cccc(=O)n2C)c2cccc(CC(=O)c3cnc4ccccn34)c12. The van der Waals surface area contributed by atoms with Crippen molar-refractivity contribution in [3.05, 3.63) is 100.0 Å². The smallest absolute Gasteiger partial charge is 0.250 e. The number of aryl methyl sites for hydroxylation is 1. The van der Waals surface area contributed by atoms with E-state index in [0.29, 0.717) is 12.2 Å². The monoisotopic (exact) mass is 425 g/mol. The molecule has 0 N–H and O–H groups in total. The topological polar surface area (TPSA) is 74.2 Å². The summed E-state index contributed by atoms with van der Waals surface area (Å²) in [7, 11) is 1.77. The number of aromatic nitrogens is 5. The molecule has 5 aromatic rings. The summed E-state index contributed by atoms with van der Waals surface area (Å²) >= 11 is 0. The Morgan fingerprint density at radius 1 is 1.03 bits per heavy atom. The Bertz CT molecular complexity index is 1520. The molecule has 7 nitrogen and oxygen atoms in total. The van der Waals surface area contributed by atoms with Crippen molar-refractivity contribution in [3.8, 4) is 0 Å². The molecule has 7 heteroatoms. The zero-order valence-corrected chi connectivity index (χ0v) is 18.0. The van der Waals surface area contributed by atoms with Crippen LogP contribution in [0.5, 0.6) is 0 Å². The van der Waals surface area contributed by atoms with Crippen molar-refractivity contribution in [3.63, 3.8) is 0 Å². The molecule has 0 saturated carbocycles. The molecule has 4 aromatic heterocycles. The van der Waals surface area contributed by atoms with Gasteiger partial charge >= 0.3 is 0 Å². The standard InChI is InChI=1S/C25H23N5O2/c1-3-19-25-17(14-22(31)21-15-26-23-11-4-5-13-29(21)23)8-6-10-20(25)30(27-19)16-18-9-7-12-24(32)28(18)2/h4-13,15H,3,14,16H2,1-2H3. The Morgan fingerprint density at radius 3 is 2.72 bits per heavy atom. The van der Waals surface area contributed by atoms with E-state index >= 15 is 0 Å². The zero-order valence-electron chi connectivity index (χ0n) is 18.0. The zero-order chi connectivity index (χ0) is 22.2. The van der Waals surface area contributed by atoms with Gasteiger partial charge in [0.1, 0.15) is 11.3 Å². The van der Waals surface area contributed by atoms with Crippen molar-refractivity contribution in [2.75, 3.05) is 0 Å². The number of ketones is 1. The first-order valence-electron chi connectivity index (χ1n) is 10.6. The number of rotatable bonds is 6. The van der Waals surface area contributed by atoms with E-state index in [0.717, 1.165) is 39.9 Å². The molecule has 0 bridgehead atoms. The van der Waals surface area contributed by atoms with Gasteiger partial charge in [-0.25, -0.2) is 4.98 Å². The molecule has 0 spiro atoms. The van der Waals surface area contributed by atoms with Gasteiger partial charge in [0.25, 0.3) is 5.56 Å². The van der Waals surface area contributed by atoms with Crippen LogP contribution in [0.3, 0.4) is 0 Å². The third-order valence-corrected chi connectivity index (χ3v) is 5.93. The van der Waals surface area contributed by atoms with Crippen LogP contribution in [0.25, 0.3) is 16.6 Å². The normalized spacial score (nSPS) is 11.4. The maximum atomic E-state index is 13.2. The molecular weight excluding hydrogens is 402 g/mol. The molecule has 1 aromatic carbocycles. The number of imidazole rings is 1. The van der Waals surface area contributed by atoms with Crippen molar-refractivity contribution in [1.29, 1.82) is 0 Å². The van der Waals surface area contributed by atoms with Gasteiger partial charge in [0, 0.05) is 36.8 Å². The number of hydrogen-bond acceptors (Lipinski definition) is 4. The minimum atomic E-state index is -0.0472. The minimum Gasteiger partial charge on any atom is -0.314 e. The number of hydrogen-bond donors (Lipinski definition) is 0. The lowest BCUT2D eigenvalue weighted by atomic mass is 10.0. The van der Waals surface area contributed by atoms with E-state index in [1.54, 1.807) is 29.9 Å². The average molecular weight is 425 g/mol. The van der Waals surface area contributed by atoms with Crippen molar-refractivity contribution < 1.29 is 4.79 Å². The molecule has 0 amide bonds. The third kappa shape index (κ3) is 3.32. The predicted octanol–water partition coefficient (Wildman–Crippen LogP) is 3.42. The van der Waals surface area contributed by atoms with Crippen LogP contribution < -0.4 is 5.56 Å². The second-order valence-electron chi connectivity index (χ2n) is 7.86. The summed E-state index contributed by atoms with van der Waals surface area (Å²) in [6.45, 7) is 2.54. The third-order valence-electron chi connectivity index (χ3n) is 5.93. The van der Waals surface area contributed by atoms with Crippen LogP contribution in [0.2, 0.25) is 0 Å². The number of carbonyl (C=O) groups is 1. The van der Waals surface area contributed by atoms with Gasteiger partial charge in [-0.3, -0.25) is 18.7 Å². The first kappa shape index (κ1) is 19.9. The lowest BCUT2D eigenvalue weighted by Gasteiger charge is -2.09. The fourth-order valence-corrected chi connectivity index (χ4v) is 4.22. The van der Waals surface area contributed by atoms with Crippen molar-refractivity contribution in [2.45, 2.75) is 26.3 Å². The Balaban J connectivity index is 1.55. The Hall–Kier alpha value is -4.00. The summed E-state index contributed by atoms with van der Waals surface area (Å²) in [5, 5.41) is 5.84. The summed E-state index contributed by atoms with van der Waals surface area (Å²) in [6.07, 6.45) is 4.51. The Labute approximate surface area is 184 Å². The number of nitrogens with zero attached hydrogens (tertiary/aromatic N) is 5. The van der Waals surface area contributed by atoms with Crippen LogP contribution in [-0.4, -0.2) is 29.5 Å².